The monoisotopic (exact) mass is 238 g/mol. The van der Waals surface area contributed by atoms with Gasteiger partial charge in [0.25, 0.3) is 5.91 Å². The van der Waals surface area contributed by atoms with Crippen molar-refractivity contribution < 1.29 is 4.79 Å². The molecule has 0 aliphatic carbocycles. The first-order valence-electron chi connectivity index (χ1n) is 5.39. The second-order valence-corrected chi connectivity index (χ2v) is 4.76. The second-order valence-electron chi connectivity index (χ2n) is 4.33. The van der Waals surface area contributed by atoms with Crippen LogP contribution in [0.25, 0.3) is 0 Å². The lowest BCUT2D eigenvalue weighted by Gasteiger charge is -2.19. The summed E-state index contributed by atoms with van der Waals surface area (Å²) in [5, 5.41) is 0.612. The number of halogens is 1. The van der Waals surface area contributed by atoms with E-state index in [9.17, 15) is 4.79 Å². The number of hydrogen-bond acceptors (Lipinski definition) is 2. The van der Waals surface area contributed by atoms with Crippen LogP contribution in [0.15, 0.2) is 18.2 Å². The van der Waals surface area contributed by atoms with Crippen molar-refractivity contribution in [2.24, 2.45) is 11.7 Å². The Labute approximate surface area is 100 Å². The third-order valence-corrected chi connectivity index (χ3v) is 3.12. The van der Waals surface area contributed by atoms with Crippen molar-refractivity contribution in [2.45, 2.75) is 13.5 Å². The normalized spacial score (nSPS) is 16.4. The molecule has 2 N–H and O–H groups in total. The highest BCUT2D eigenvalue weighted by Gasteiger charge is 2.27. The highest BCUT2D eigenvalue weighted by molar-refractivity contribution is 6.31. The van der Waals surface area contributed by atoms with E-state index in [4.69, 9.17) is 17.3 Å². The minimum atomic E-state index is 0.0674. The van der Waals surface area contributed by atoms with Crippen molar-refractivity contribution in [1.82, 2.24) is 4.90 Å². The quantitative estimate of drug-likeness (QED) is 0.874. The van der Waals surface area contributed by atoms with E-state index in [0.29, 0.717) is 30.6 Å². The molecule has 3 nitrogen and oxygen atoms in total. The number of benzene rings is 1. The summed E-state index contributed by atoms with van der Waals surface area (Å²) in [6.07, 6.45) is 0. The van der Waals surface area contributed by atoms with Crippen molar-refractivity contribution in [1.29, 1.82) is 0 Å². The average Bonchev–Trinajstić information content (AvgIpc) is 2.56. The van der Waals surface area contributed by atoms with E-state index in [2.05, 4.69) is 0 Å². The smallest absolute Gasteiger partial charge is 0.254 e. The molecule has 0 spiro atoms. The number of fused-ring (bicyclic) bond motifs is 1. The lowest BCUT2D eigenvalue weighted by atomic mass is 10.1. The van der Waals surface area contributed by atoms with Gasteiger partial charge in [-0.25, -0.2) is 0 Å². The van der Waals surface area contributed by atoms with E-state index < -0.39 is 0 Å². The van der Waals surface area contributed by atoms with Crippen molar-refractivity contribution in [3.8, 4) is 0 Å². The third kappa shape index (κ3) is 2.06. The molecule has 0 saturated heterocycles. The van der Waals surface area contributed by atoms with Crippen LogP contribution in [-0.4, -0.2) is 23.9 Å². The van der Waals surface area contributed by atoms with E-state index in [1.165, 1.54) is 0 Å². The Morgan fingerprint density at radius 1 is 1.56 bits per heavy atom. The van der Waals surface area contributed by atoms with Gasteiger partial charge in [-0.15, -0.1) is 0 Å². The number of carbonyl (C=O) groups excluding carboxylic acids is 1. The Bertz CT molecular complexity index is 419. The number of rotatable bonds is 3. The van der Waals surface area contributed by atoms with Crippen molar-refractivity contribution >= 4 is 17.5 Å². The molecule has 86 valence electrons. The molecule has 0 fully saturated rings. The maximum Gasteiger partial charge on any atom is 0.254 e. The summed E-state index contributed by atoms with van der Waals surface area (Å²) in [6, 6.07) is 5.48. The SMILES string of the molecule is CC(CN)CN1Cc2ccc(Cl)cc2C1=O. The van der Waals surface area contributed by atoms with Gasteiger partial charge < -0.3 is 10.6 Å². The van der Waals surface area contributed by atoms with Crippen LogP contribution in [0, 0.1) is 5.92 Å². The average molecular weight is 239 g/mol. The maximum atomic E-state index is 12.0. The lowest BCUT2D eigenvalue weighted by Crippen LogP contribution is -2.31. The number of carbonyl (C=O) groups is 1. The molecule has 2 rings (SSSR count). The molecule has 1 amide bonds. The molecule has 16 heavy (non-hydrogen) atoms. The summed E-state index contributed by atoms with van der Waals surface area (Å²) < 4.78 is 0. The van der Waals surface area contributed by atoms with Gasteiger partial charge >= 0.3 is 0 Å². The van der Waals surface area contributed by atoms with Gasteiger partial charge in [0.15, 0.2) is 0 Å². The predicted molar refractivity (Wildman–Crippen MR) is 64.4 cm³/mol. The largest absolute Gasteiger partial charge is 0.334 e. The lowest BCUT2D eigenvalue weighted by molar-refractivity contribution is 0.0758. The molecule has 1 aliphatic heterocycles. The van der Waals surface area contributed by atoms with Crippen LogP contribution in [0.4, 0.5) is 0 Å². The Kier molecular flexibility index (Phi) is 3.17. The van der Waals surface area contributed by atoms with Gasteiger partial charge in [0.2, 0.25) is 0 Å². The van der Waals surface area contributed by atoms with E-state index in [1.54, 1.807) is 6.07 Å². The van der Waals surface area contributed by atoms with E-state index in [0.717, 1.165) is 11.1 Å². The topological polar surface area (TPSA) is 46.3 Å². The fraction of sp³-hybridized carbons (Fsp3) is 0.417. The number of hydrogen-bond donors (Lipinski definition) is 1. The third-order valence-electron chi connectivity index (χ3n) is 2.89. The number of nitrogens with zero attached hydrogens (tertiary/aromatic N) is 1. The molecule has 1 aromatic carbocycles. The fourth-order valence-electron chi connectivity index (χ4n) is 1.93. The molecule has 0 aromatic heterocycles. The van der Waals surface area contributed by atoms with Crippen molar-refractivity contribution in [3.05, 3.63) is 34.3 Å². The molecule has 0 radical (unpaired) electrons. The molecule has 1 heterocycles. The standard InChI is InChI=1S/C12H15ClN2O/c1-8(5-14)6-15-7-9-2-3-10(13)4-11(9)12(15)16/h2-4,8H,5-7,14H2,1H3. The second kappa shape index (κ2) is 4.44. The summed E-state index contributed by atoms with van der Waals surface area (Å²) in [5.41, 5.74) is 7.35. The minimum absolute atomic E-state index is 0.0674. The Hall–Kier alpha value is -1.06. The molecule has 1 aliphatic rings. The highest BCUT2D eigenvalue weighted by atomic mass is 35.5. The van der Waals surface area contributed by atoms with Crippen LogP contribution in [0.3, 0.4) is 0 Å². The van der Waals surface area contributed by atoms with Gasteiger partial charge in [-0.1, -0.05) is 24.6 Å². The zero-order valence-electron chi connectivity index (χ0n) is 9.24. The predicted octanol–water partition coefficient (Wildman–Crippen LogP) is 1.89. The van der Waals surface area contributed by atoms with Gasteiger partial charge in [0.05, 0.1) is 0 Å². The van der Waals surface area contributed by atoms with Gasteiger partial charge in [0, 0.05) is 23.7 Å². The molecule has 0 bridgehead atoms. The van der Waals surface area contributed by atoms with Gasteiger partial charge in [-0.05, 0) is 30.2 Å². The van der Waals surface area contributed by atoms with E-state index in [1.807, 2.05) is 24.0 Å². The zero-order valence-corrected chi connectivity index (χ0v) is 10.00. The summed E-state index contributed by atoms with van der Waals surface area (Å²) in [5.74, 6) is 0.395. The molecular formula is C12H15ClN2O. The molecular weight excluding hydrogens is 224 g/mol. The minimum Gasteiger partial charge on any atom is -0.334 e. The van der Waals surface area contributed by atoms with Gasteiger partial charge in [-0.3, -0.25) is 4.79 Å². The van der Waals surface area contributed by atoms with Crippen LogP contribution >= 0.6 is 11.6 Å². The molecule has 1 unspecified atom stereocenters. The number of amides is 1. The summed E-state index contributed by atoms with van der Waals surface area (Å²) in [7, 11) is 0. The number of nitrogens with two attached hydrogens (primary N) is 1. The Morgan fingerprint density at radius 2 is 2.31 bits per heavy atom. The van der Waals surface area contributed by atoms with Crippen LogP contribution in [0.1, 0.15) is 22.8 Å². The first-order valence-corrected chi connectivity index (χ1v) is 5.77. The van der Waals surface area contributed by atoms with E-state index >= 15 is 0 Å². The Morgan fingerprint density at radius 3 is 3.00 bits per heavy atom. The molecule has 1 aromatic rings. The first kappa shape index (κ1) is 11.4. The summed E-state index contributed by atoms with van der Waals surface area (Å²) >= 11 is 5.88. The van der Waals surface area contributed by atoms with Crippen LogP contribution in [0.2, 0.25) is 5.02 Å². The van der Waals surface area contributed by atoms with Crippen LogP contribution in [0.5, 0.6) is 0 Å². The fourth-order valence-corrected chi connectivity index (χ4v) is 2.10. The van der Waals surface area contributed by atoms with Crippen molar-refractivity contribution in [3.63, 3.8) is 0 Å². The first-order chi connectivity index (χ1) is 7.61. The van der Waals surface area contributed by atoms with Crippen LogP contribution in [-0.2, 0) is 6.54 Å². The molecule has 4 heteroatoms. The Balaban J connectivity index is 2.18. The van der Waals surface area contributed by atoms with E-state index in [-0.39, 0.29) is 5.91 Å². The zero-order chi connectivity index (χ0) is 11.7. The van der Waals surface area contributed by atoms with Gasteiger partial charge in [0.1, 0.15) is 0 Å². The van der Waals surface area contributed by atoms with Gasteiger partial charge in [-0.2, -0.15) is 0 Å². The summed E-state index contributed by atoms with van der Waals surface area (Å²) in [6.45, 7) is 4.03. The molecule has 0 saturated carbocycles. The van der Waals surface area contributed by atoms with Crippen LogP contribution < -0.4 is 5.73 Å². The highest BCUT2D eigenvalue weighted by Crippen LogP contribution is 2.26. The van der Waals surface area contributed by atoms with Crippen molar-refractivity contribution in [2.75, 3.05) is 13.1 Å². The maximum absolute atomic E-state index is 12.0. The summed E-state index contributed by atoms with van der Waals surface area (Å²) in [4.78, 5) is 13.9. The molecule has 1 atom stereocenters.